The Balaban J connectivity index is 1.71. The summed E-state index contributed by atoms with van der Waals surface area (Å²) in [5, 5.41) is 9.81. The first-order chi connectivity index (χ1) is 17.6. The standard InChI is InChI=1S/C29H39N3O5/c1-6-15-30(19-20-11-9-8-10-12-20)25(34)22-21-13-14-29(37-21)23(22)26(35)31(17-18-33)24(29)27(36)32(16-7-2)28(3,4)5/h6-12,21-24,33H,1-2,13-19H2,3-5H3/t21-,22+,23+,24?,29?/m1/s1. The second-order valence-electron chi connectivity index (χ2n) is 11.2. The first-order valence-electron chi connectivity index (χ1n) is 13.1. The van der Waals surface area contributed by atoms with Crippen LogP contribution in [0.4, 0.5) is 0 Å². The molecule has 1 spiro atoms. The summed E-state index contributed by atoms with van der Waals surface area (Å²) in [6.45, 7) is 14.2. The summed E-state index contributed by atoms with van der Waals surface area (Å²) >= 11 is 0. The van der Waals surface area contributed by atoms with E-state index in [0.717, 1.165) is 5.56 Å². The second kappa shape index (κ2) is 10.4. The van der Waals surface area contributed by atoms with Gasteiger partial charge in [-0.2, -0.15) is 0 Å². The summed E-state index contributed by atoms with van der Waals surface area (Å²) in [5.41, 5.74) is -0.628. The molecular weight excluding hydrogens is 470 g/mol. The monoisotopic (exact) mass is 509 g/mol. The predicted octanol–water partition coefficient (Wildman–Crippen LogP) is 2.38. The van der Waals surface area contributed by atoms with Gasteiger partial charge in [0.05, 0.1) is 24.5 Å². The van der Waals surface area contributed by atoms with Gasteiger partial charge in [-0.05, 0) is 39.2 Å². The number of fused-ring (bicyclic) bond motifs is 1. The molecule has 3 saturated heterocycles. The van der Waals surface area contributed by atoms with E-state index in [1.807, 2.05) is 51.1 Å². The molecule has 8 nitrogen and oxygen atoms in total. The van der Waals surface area contributed by atoms with Crippen molar-refractivity contribution in [2.75, 3.05) is 26.2 Å². The number of aliphatic hydroxyl groups is 1. The number of ether oxygens (including phenoxy) is 1. The van der Waals surface area contributed by atoms with E-state index in [-0.39, 0.29) is 30.9 Å². The molecule has 3 amide bonds. The number of hydrogen-bond acceptors (Lipinski definition) is 5. The van der Waals surface area contributed by atoms with Crippen LogP contribution in [-0.4, -0.2) is 87.1 Å². The Morgan fingerprint density at radius 3 is 2.43 bits per heavy atom. The van der Waals surface area contributed by atoms with Crippen molar-refractivity contribution in [2.45, 2.75) is 63.4 Å². The molecule has 3 aliphatic heterocycles. The Morgan fingerprint density at radius 1 is 1.16 bits per heavy atom. The van der Waals surface area contributed by atoms with Crippen LogP contribution in [0.15, 0.2) is 55.6 Å². The van der Waals surface area contributed by atoms with Crippen LogP contribution in [0.2, 0.25) is 0 Å². The highest BCUT2D eigenvalue weighted by Crippen LogP contribution is 2.59. The van der Waals surface area contributed by atoms with Gasteiger partial charge in [-0.25, -0.2) is 0 Å². The number of rotatable bonds is 10. The van der Waals surface area contributed by atoms with Crippen molar-refractivity contribution >= 4 is 17.7 Å². The topological polar surface area (TPSA) is 90.4 Å². The van der Waals surface area contributed by atoms with Crippen LogP contribution in [0.3, 0.4) is 0 Å². The van der Waals surface area contributed by atoms with Gasteiger partial charge < -0.3 is 24.5 Å². The van der Waals surface area contributed by atoms with E-state index in [2.05, 4.69) is 13.2 Å². The highest BCUT2D eigenvalue weighted by Gasteiger charge is 2.75. The van der Waals surface area contributed by atoms with E-state index in [4.69, 9.17) is 4.74 Å². The zero-order chi connectivity index (χ0) is 27.0. The van der Waals surface area contributed by atoms with Crippen LogP contribution in [0.1, 0.15) is 39.2 Å². The quantitative estimate of drug-likeness (QED) is 0.489. The second-order valence-corrected chi connectivity index (χ2v) is 11.2. The van der Waals surface area contributed by atoms with Gasteiger partial charge in [-0.15, -0.1) is 13.2 Å². The minimum atomic E-state index is -1.09. The van der Waals surface area contributed by atoms with Crippen LogP contribution >= 0.6 is 0 Å². The third-order valence-corrected chi connectivity index (χ3v) is 7.92. The fraction of sp³-hybridized carbons (Fsp3) is 0.552. The molecule has 3 fully saturated rings. The molecule has 8 heteroatoms. The van der Waals surface area contributed by atoms with Gasteiger partial charge in [0.1, 0.15) is 11.6 Å². The smallest absolute Gasteiger partial charge is 0.249 e. The van der Waals surface area contributed by atoms with Crippen molar-refractivity contribution in [3.63, 3.8) is 0 Å². The molecule has 0 saturated carbocycles. The van der Waals surface area contributed by atoms with Crippen molar-refractivity contribution in [1.82, 2.24) is 14.7 Å². The number of carbonyl (C=O) groups is 3. The minimum Gasteiger partial charge on any atom is -0.395 e. The normalized spacial score (nSPS) is 28.2. The number of aliphatic hydroxyl groups excluding tert-OH is 1. The van der Waals surface area contributed by atoms with Gasteiger partial charge in [0.15, 0.2) is 0 Å². The molecular formula is C29H39N3O5. The van der Waals surface area contributed by atoms with Crippen LogP contribution in [0.5, 0.6) is 0 Å². The first kappa shape index (κ1) is 27.1. The molecule has 5 atom stereocenters. The van der Waals surface area contributed by atoms with Gasteiger partial charge in [-0.3, -0.25) is 14.4 Å². The van der Waals surface area contributed by atoms with E-state index in [9.17, 15) is 19.5 Å². The molecule has 1 N–H and O–H groups in total. The average molecular weight is 510 g/mol. The van der Waals surface area contributed by atoms with Gasteiger partial charge in [-0.1, -0.05) is 42.5 Å². The molecule has 1 aromatic rings. The van der Waals surface area contributed by atoms with Crippen molar-refractivity contribution in [3.8, 4) is 0 Å². The Kier molecular flexibility index (Phi) is 7.62. The Bertz CT molecular complexity index is 1050. The first-order valence-corrected chi connectivity index (χ1v) is 13.1. The molecule has 4 rings (SSSR count). The Morgan fingerprint density at radius 2 is 1.84 bits per heavy atom. The number of carbonyl (C=O) groups excluding carboxylic acids is 3. The Labute approximate surface area is 219 Å². The molecule has 200 valence electrons. The summed E-state index contributed by atoms with van der Waals surface area (Å²) in [5.74, 6) is -2.15. The number of likely N-dealkylation sites (tertiary alicyclic amines) is 1. The highest BCUT2D eigenvalue weighted by atomic mass is 16.5. The van der Waals surface area contributed by atoms with Crippen LogP contribution in [0, 0.1) is 11.8 Å². The molecule has 2 bridgehead atoms. The maximum atomic E-state index is 14.1. The van der Waals surface area contributed by atoms with Crippen molar-refractivity contribution in [1.29, 1.82) is 0 Å². The number of β-amino-alcohol motifs (C(OH)–C–C–N with tert-alkyl or cyclic N) is 1. The molecule has 1 aromatic carbocycles. The van der Waals surface area contributed by atoms with Crippen LogP contribution < -0.4 is 0 Å². The minimum absolute atomic E-state index is 0.00882. The maximum Gasteiger partial charge on any atom is 0.249 e. The summed E-state index contributed by atoms with van der Waals surface area (Å²) in [6.07, 6.45) is 4.03. The molecule has 3 aliphatic rings. The summed E-state index contributed by atoms with van der Waals surface area (Å²) < 4.78 is 6.53. The lowest BCUT2D eigenvalue weighted by molar-refractivity contribution is -0.152. The zero-order valence-electron chi connectivity index (χ0n) is 22.1. The lowest BCUT2D eigenvalue weighted by Gasteiger charge is -2.42. The molecule has 37 heavy (non-hydrogen) atoms. The summed E-state index contributed by atoms with van der Waals surface area (Å²) in [4.78, 5) is 46.9. The molecule has 0 aliphatic carbocycles. The maximum absolute atomic E-state index is 14.1. The zero-order valence-corrected chi connectivity index (χ0v) is 22.1. The lowest BCUT2D eigenvalue weighted by atomic mass is 9.70. The average Bonchev–Trinajstić information content (AvgIpc) is 3.49. The Hall–Kier alpha value is -2.97. The molecule has 0 aromatic heterocycles. The third kappa shape index (κ3) is 4.61. The van der Waals surface area contributed by atoms with Crippen LogP contribution in [0.25, 0.3) is 0 Å². The van der Waals surface area contributed by atoms with Gasteiger partial charge in [0.2, 0.25) is 17.7 Å². The van der Waals surface area contributed by atoms with E-state index in [1.165, 1.54) is 4.90 Å². The summed E-state index contributed by atoms with van der Waals surface area (Å²) in [6, 6.07) is 8.79. The van der Waals surface area contributed by atoms with E-state index in [0.29, 0.717) is 32.5 Å². The fourth-order valence-corrected chi connectivity index (χ4v) is 6.44. The number of nitrogens with zero attached hydrogens (tertiary/aromatic N) is 3. The van der Waals surface area contributed by atoms with Gasteiger partial charge in [0, 0.05) is 31.7 Å². The third-order valence-electron chi connectivity index (χ3n) is 7.92. The van der Waals surface area contributed by atoms with Crippen LogP contribution in [-0.2, 0) is 25.7 Å². The lowest BCUT2D eigenvalue weighted by Crippen LogP contribution is -2.60. The van der Waals surface area contributed by atoms with Gasteiger partial charge >= 0.3 is 0 Å². The van der Waals surface area contributed by atoms with Gasteiger partial charge in [0.25, 0.3) is 0 Å². The van der Waals surface area contributed by atoms with E-state index in [1.54, 1.807) is 22.0 Å². The molecule has 0 radical (unpaired) electrons. The van der Waals surface area contributed by atoms with Crippen molar-refractivity contribution in [3.05, 3.63) is 61.2 Å². The number of benzene rings is 1. The number of hydrogen-bond donors (Lipinski definition) is 1. The summed E-state index contributed by atoms with van der Waals surface area (Å²) in [7, 11) is 0. The van der Waals surface area contributed by atoms with E-state index >= 15 is 0 Å². The van der Waals surface area contributed by atoms with Crippen molar-refractivity contribution < 1.29 is 24.2 Å². The highest BCUT2D eigenvalue weighted by molar-refractivity contribution is 5.99. The SMILES string of the molecule is C=CCN(Cc1ccccc1)C(=O)[C@@H]1[C@H]2C(=O)N(CCO)C(C(=O)N(CC=C)C(C)(C)C)C23CC[C@H]1O3. The number of amides is 3. The largest absolute Gasteiger partial charge is 0.395 e. The van der Waals surface area contributed by atoms with E-state index < -0.39 is 35.1 Å². The molecule has 2 unspecified atom stereocenters. The van der Waals surface area contributed by atoms with Crippen molar-refractivity contribution in [2.24, 2.45) is 11.8 Å². The predicted molar refractivity (Wildman–Crippen MR) is 140 cm³/mol. The fourth-order valence-electron chi connectivity index (χ4n) is 6.44. The molecule has 3 heterocycles.